The summed E-state index contributed by atoms with van der Waals surface area (Å²) in [5.41, 5.74) is 2.39. The van der Waals surface area contributed by atoms with E-state index in [1.54, 1.807) is 11.3 Å². The molecule has 0 fully saturated rings. The van der Waals surface area contributed by atoms with E-state index in [-0.39, 0.29) is 18.2 Å². The fourth-order valence-electron chi connectivity index (χ4n) is 1.66. The Kier molecular flexibility index (Phi) is 4.38. The minimum absolute atomic E-state index is 0.172. The maximum atomic E-state index is 10.9. The lowest BCUT2D eigenvalue weighted by atomic mass is 10.3. The number of sulfonamides is 1. The summed E-state index contributed by atoms with van der Waals surface area (Å²) in [6.45, 7) is 2.22. The number of primary sulfonamides is 1. The van der Waals surface area contributed by atoms with Crippen molar-refractivity contribution in [3.63, 3.8) is 0 Å². The highest BCUT2D eigenvalue weighted by atomic mass is 32.2. The summed E-state index contributed by atoms with van der Waals surface area (Å²) >= 11 is 1.55. The Hall–Kier alpha value is -1.49. The molecule has 0 saturated heterocycles. The normalized spacial score (nSPS) is 11.8. The molecule has 0 saturated carbocycles. The molecule has 110 valence electrons. The number of anilines is 2. The van der Waals surface area contributed by atoms with Crippen molar-refractivity contribution in [1.82, 2.24) is 9.97 Å². The zero-order valence-corrected chi connectivity index (χ0v) is 12.5. The van der Waals surface area contributed by atoms with Crippen LogP contribution < -0.4 is 21.7 Å². The SMILES string of the molecule is CCc1cc2c(NCCS(N)(=O)=O)nc(NN)nc2s1. The van der Waals surface area contributed by atoms with Crippen LogP contribution in [0, 0.1) is 0 Å². The van der Waals surface area contributed by atoms with E-state index in [1.165, 1.54) is 0 Å². The smallest absolute Gasteiger partial charge is 0.240 e. The molecule has 2 aromatic rings. The zero-order valence-electron chi connectivity index (χ0n) is 10.9. The molecule has 0 amide bonds. The summed E-state index contributed by atoms with van der Waals surface area (Å²) in [5, 5.41) is 8.77. The maximum Gasteiger partial charge on any atom is 0.240 e. The Labute approximate surface area is 120 Å². The van der Waals surface area contributed by atoms with Crippen LogP contribution in [0.2, 0.25) is 0 Å². The van der Waals surface area contributed by atoms with Gasteiger partial charge in [-0.25, -0.2) is 24.4 Å². The standard InChI is InChI=1S/C10H16N6O2S2/c1-2-6-5-7-8(13-3-4-20(12,17)18)14-10(16-11)15-9(7)19-6/h5H,2-4,11H2,1H3,(H2,12,17,18)(H2,13,14,15,16). The third kappa shape index (κ3) is 3.54. The molecule has 8 nitrogen and oxygen atoms in total. The first-order chi connectivity index (χ1) is 9.43. The van der Waals surface area contributed by atoms with Crippen molar-refractivity contribution in [2.24, 2.45) is 11.0 Å². The van der Waals surface area contributed by atoms with Crippen LogP contribution in [0.4, 0.5) is 11.8 Å². The summed E-state index contributed by atoms with van der Waals surface area (Å²) < 4.78 is 21.9. The Morgan fingerprint density at radius 3 is 2.75 bits per heavy atom. The van der Waals surface area contributed by atoms with Gasteiger partial charge in [-0.3, -0.25) is 5.43 Å². The van der Waals surface area contributed by atoms with Crippen LogP contribution in [0.3, 0.4) is 0 Å². The Morgan fingerprint density at radius 2 is 2.15 bits per heavy atom. The molecule has 0 unspecified atom stereocenters. The van der Waals surface area contributed by atoms with Gasteiger partial charge in [0, 0.05) is 11.4 Å². The Bertz CT molecular complexity index is 712. The van der Waals surface area contributed by atoms with Gasteiger partial charge in [0.25, 0.3) is 0 Å². The van der Waals surface area contributed by atoms with E-state index < -0.39 is 10.0 Å². The van der Waals surface area contributed by atoms with E-state index in [0.717, 1.165) is 21.5 Å². The molecule has 0 atom stereocenters. The highest BCUT2D eigenvalue weighted by Gasteiger charge is 2.11. The molecule has 10 heteroatoms. The number of hydrazine groups is 1. The number of aryl methyl sites for hydroxylation is 1. The van der Waals surface area contributed by atoms with E-state index in [2.05, 4.69) is 20.7 Å². The van der Waals surface area contributed by atoms with Gasteiger partial charge < -0.3 is 5.32 Å². The third-order valence-corrected chi connectivity index (χ3v) is 4.55. The van der Waals surface area contributed by atoms with Crippen LogP contribution >= 0.6 is 11.3 Å². The molecule has 20 heavy (non-hydrogen) atoms. The van der Waals surface area contributed by atoms with Crippen molar-refractivity contribution >= 4 is 43.3 Å². The molecule has 0 aliphatic carbocycles. The molecular formula is C10H16N6O2S2. The lowest BCUT2D eigenvalue weighted by Crippen LogP contribution is -2.23. The fourth-order valence-corrected chi connectivity index (χ4v) is 3.01. The topological polar surface area (TPSA) is 136 Å². The molecule has 0 bridgehead atoms. The zero-order chi connectivity index (χ0) is 14.8. The van der Waals surface area contributed by atoms with Crippen LogP contribution in [0.15, 0.2) is 6.07 Å². The Morgan fingerprint density at radius 1 is 1.40 bits per heavy atom. The first kappa shape index (κ1) is 14.9. The lowest BCUT2D eigenvalue weighted by molar-refractivity contribution is 0.598. The number of aromatic nitrogens is 2. The van der Waals surface area contributed by atoms with Gasteiger partial charge >= 0.3 is 0 Å². The molecule has 2 aromatic heterocycles. The van der Waals surface area contributed by atoms with Crippen molar-refractivity contribution in [3.8, 4) is 0 Å². The first-order valence-electron chi connectivity index (χ1n) is 5.94. The van der Waals surface area contributed by atoms with E-state index >= 15 is 0 Å². The van der Waals surface area contributed by atoms with Crippen LogP contribution in [0.25, 0.3) is 10.2 Å². The summed E-state index contributed by atoms with van der Waals surface area (Å²) in [5.74, 6) is 5.98. The second-order valence-corrected chi connectivity index (χ2v) is 6.97. The number of thiophene rings is 1. The van der Waals surface area contributed by atoms with E-state index in [4.69, 9.17) is 11.0 Å². The van der Waals surface area contributed by atoms with Crippen LogP contribution in [0.5, 0.6) is 0 Å². The van der Waals surface area contributed by atoms with Crippen molar-refractivity contribution < 1.29 is 8.42 Å². The average Bonchev–Trinajstić information content (AvgIpc) is 2.80. The number of nitrogens with zero attached hydrogens (tertiary/aromatic N) is 2. The molecule has 0 aliphatic rings. The van der Waals surface area contributed by atoms with E-state index in [0.29, 0.717) is 5.82 Å². The average molecular weight is 316 g/mol. The highest BCUT2D eigenvalue weighted by Crippen LogP contribution is 2.30. The summed E-state index contributed by atoms with van der Waals surface area (Å²) in [6.07, 6.45) is 0.892. The molecule has 0 aliphatic heterocycles. The van der Waals surface area contributed by atoms with Crippen molar-refractivity contribution in [2.75, 3.05) is 23.0 Å². The van der Waals surface area contributed by atoms with Gasteiger partial charge in [0.05, 0.1) is 11.1 Å². The third-order valence-electron chi connectivity index (χ3n) is 2.60. The minimum atomic E-state index is -3.51. The second-order valence-electron chi connectivity index (χ2n) is 4.12. The number of hydrogen-bond acceptors (Lipinski definition) is 8. The number of nitrogens with one attached hydrogen (secondary N) is 2. The summed E-state index contributed by atoms with van der Waals surface area (Å²) in [6, 6.07) is 1.99. The number of fused-ring (bicyclic) bond motifs is 1. The van der Waals surface area contributed by atoms with Gasteiger partial charge in [-0.15, -0.1) is 11.3 Å². The van der Waals surface area contributed by atoms with Gasteiger partial charge in [-0.2, -0.15) is 4.98 Å². The van der Waals surface area contributed by atoms with Gasteiger partial charge in [0.2, 0.25) is 16.0 Å². The fraction of sp³-hybridized carbons (Fsp3) is 0.400. The maximum absolute atomic E-state index is 10.9. The van der Waals surface area contributed by atoms with Crippen LogP contribution in [-0.2, 0) is 16.4 Å². The predicted molar refractivity (Wildman–Crippen MR) is 81.1 cm³/mol. The van der Waals surface area contributed by atoms with Crippen molar-refractivity contribution in [1.29, 1.82) is 0 Å². The van der Waals surface area contributed by atoms with Gasteiger partial charge in [-0.05, 0) is 12.5 Å². The van der Waals surface area contributed by atoms with Gasteiger partial charge in [0.1, 0.15) is 10.6 Å². The molecular weight excluding hydrogens is 300 g/mol. The second kappa shape index (κ2) is 5.87. The molecule has 2 heterocycles. The van der Waals surface area contributed by atoms with E-state index in [9.17, 15) is 8.42 Å². The quantitative estimate of drug-likeness (QED) is 0.442. The predicted octanol–water partition coefficient (Wildman–Crippen LogP) is 0.240. The van der Waals surface area contributed by atoms with E-state index in [1.807, 2.05) is 13.0 Å². The molecule has 0 aromatic carbocycles. The van der Waals surface area contributed by atoms with Crippen molar-refractivity contribution in [3.05, 3.63) is 10.9 Å². The summed E-state index contributed by atoms with van der Waals surface area (Å²) in [7, 11) is -3.51. The van der Waals surface area contributed by atoms with Gasteiger partial charge in [0.15, 0.2) is 0 Å². The van der Waals surface area contributed by atoms with Crippen molar-refractivity contribution in [2.45, 2.75) is 13.3 Å². The highest BCUT2D eigenvalue weighted by molar-refractivity contribution is 7.89. The van der Waals surface area contributed by atoms with Crippen LogP contribution in [0.1, 0.15) is 11.8 Å². The van der Waals surface area contributed by atoms with Gasteiger partial charge in [-0.1, -0.05) is 6.92 Å². The first-order valence-corrected chi connectivity index (χ1v) is 8.47. The largest absolute Gasteiger partial charge is 0.368 e. The van der Waals surface area contributed by atoms with Crippen LogP contribution in [-0.4, -0.2) is 30.7 Å². The number of hydrogen-bond donors (Lipinski definition) is 4. The Balaban J connectivity index is 2.32. The molecule has 0 spiro atoms. The number of nitrogen functional groups attached to an aromatic ring is 1. The lowest BCUT2D eigenvalue weighted by Gasteiger charge is -2.07. The number of nitrogens with two attached hydrogens (primary N) is 2. The number of rotatable bonds is 6. The molecule has 6 N–H and O–H groups in total. The monoisotopic (exact) mass is 316 g/mol. The molecule has 2 rings (SSSR count). The molecule has 0 radical (unpaired) electrons. The minimum Gasteiger partial charge on any atom is -0.368 e. The summed E-state index contributed by atoms with van der Waals surface area (Å²) in [4.78, 5) is 10.4.